The molecule has 0 saturated heterocycles. The molecule has 1 N–H and O–H groups in total. The third-order valence-corrected chi connectivity index (χ3v) is 7.66. The Balaban J connectivity index is 1.64. The summed E-state index contributed by atoms with van der Waals surface area (Å²) in [6.07, 6.45) is 15.7. The Morgan fingerprint density at radius 1 is 1.13 bits per heavy atom. The Hall–Kier alpha value is -4.01. The fraction of sp³-hybridized carbons (Fsp3) is 0.433. The first-order valence-corrected chi connectivity index (χ1v) is 14.0. The van der Waals surface area contributed by atoms with Gasteiger partial charge in [-0.3, -0.25) is 14.1 Å². The van der Waals surface area contributed by atoms with Gasteiger partial charge in [0.15, 0.2) is 5.82 Å². The quantitative estimate of drug-likeness (QED) is 0.282. The molecule has 1 aromatic carbocycles. The summed E-state index contributed by atoms with van der Waals surface area (Å²) in [5.74, 6) is 1.60. The van der Waals surface area contributed by atoms with Crippen LogP contribution in [0.4, 0.5) is 0 Å². The Morgan fingerprint density at radius 3 is 2.69 bits per heavy atom. The van der Waals surface area contributed by atoms with Gasteiger partial charge in [-0.25, -0.2) is 9.89 Å². The molecule has 0 radical (unpaired) electrons. The number of tetrazole rings is 1. The predicted octanol–water partition coefficient (Wildman–Crippen LogP) is 5.42. The van der Waals surface area contributed by atoms with Crippen LogP contribution < -0.4 is 5.69 Å². The van der Waals surface area contributed by atoms with Crippen LogP contribution in [0, 0.1) is 0 Å². The normalized spacial score (nSPS) is 16.9. The molecule has 1 aliphatic heterocycles. The zero-order valence-electron chi connectivity index (χ0n) is 23.3. The second-order valence-electron chi connectivity index (χ2n) is 10.7. The third-order valence-electron chi connectivity index (χ3n) is 7.66. The Morgan fingerprint density at radius 2 is 2.00 bits per heavy atom. The van der Waals surface area contributed by atoms with Crippen molar-refractivity contribution in [1.82, 2.24) is 34.3 Å². The molecule has 0 saturated carbocycles. The number of hydrogen-bond donors (Lipinski definition) is 1. The maximum Gasteiger partial charge on any atom is 0.334 e. The van der Waals surface area contributed by atoms with Gasteiger partial charge in [0.1, 0.15) is 5.82 Å². The number of rotatable bonds is 11. The van der Waals surface area contributed by atoms with E-state index in [0.717, 1.165) is 54.7 Å². The second-order valence-corrected chi connectivity index (χ2v) is 10.7. The number of benzene rings is 1. The second kappa shape index (κ2) is 11.4. The van der Waals surface area contributed by atoms with Gasteiger partial charge in [-0.05, 0) is 73.2 Å². The number of aliphatic imine (C=N–C) groups is 1. The molecule has 1 unspecified atom stereocenters. The lowest BCUT2D eigenvalue weighted by Gasteiger charge is -2.32. The van der Waals surface area contributed by atoms with Crippen LogP contribution in [-0.2, 0) is 24.8 Å². The van der Waals surface area contributed by atoms with Crippen LogP contribution in [0.2, 0.25) is 0 Å². The van der Waals surface area contributed by atoms with Crippen molar-refractivity contribution in [2.75, 3.05) is 0 Å². The summed E-state index contributed by atoms with van der Waals surface area (Å²) in [4.78, 5) is 18.7. The van der Waals surface area contributed by atoms with Crippen molar-refractivity contribution in [3.8, 4) is 17.2 Å². The summed E-state index contributed by atoms with van der Waals surface area (Å²) in [6, 6.07) is 10.7. The summed E-state index contributed by atoms with van der Waals surface area (Å²) in [6.45, 7) is 9.22. The number of aryl methyl sites for hydroxylation is 2. The molecule has 3 aromatic heterocycles. The number of aromatic nitrogens is 7. The summed E-state index contributed by atoms with van der Waals surface area (Å²) >= 11 is 0. The van der Waals surface area contributed by atoms with E-state index in [-0.39, 0.29) is 11.7 Å². The van der Waals surface area contributed by atoms with Gasteiger partial charge >= 0.3 is 5.69 Å². The molecule has 0 bridgehead atoms. The smallest absolute Gasteiger partial charge is 0.331 e. The van der Waals surface area contributed by atoms with E-state index in [1.54, 1.807) is 0 Å². The van der Waals surface area contributed by atoms with Crippen molar-refractivity contribution in [3.63, 3.8) is 0 Å². The van der Waals surface area contributed by atoms with Gasteiger partial charge in [0.05, 0.1) is 0 Å². The third kappa shape index (κ3) is 5.17. The average Bonchev–Trinajstić information content (AvgIpc) is 3.69. The molecular weight excluding hydrogens is 488 g/mol. The number of allylic oxidation sites excluding steroid dienone is 1. The molecule has 0 aliphatic carbocycles. The molecule has 1 aliphatic rings. The van der Waals surface area contributed by atoms with Crippen molar-refractivity contribution in [1.29, 1.82) is 0 Å². The van der Waals surface area contributed by atoms with E-state index in [1.807, 2.05) is 33.7 Å². The zero-order chi connectivity index (χ0) is 27.4. The van der Waals surface area contributed by atoms with Crippen LogP contribution in [0.25, 0.3) is 17.2 Å². The number of nitrogens with zero attached hydrogens (tertiary/aromatic N) is 7. The lowest BCUT2D eigenvalue weighted by atomic mass is 9.76. The minimum absolute atomic E-state index is 0.00457. The molecule has 0 spiro atoms. The number of aromatic amines is 1. The SMILES string of the molecule is CCCCc1cn(-c2c(CCC)ccn2C(C)C)c(=O)n1CC1(c2cccc(-c3nnn[nH]3)c2)C=CN=CC1. The molecule has 5 rings (SSSR count). The van der Waals surface area contributed by atoms with Gasteiger partial charge in [0.2, 0.25) is 0 Å². The van der Waals surface area contributed by atoms with Gasteiger partial charge in [0, 0.05) is 54.1 Å². The Bertz CT molecular complexity index is 1520. The standard InChI is InChI=1S/C30H38N8O/c1-5-7-12-26-20-37(28-23(9-6-2)13-18-36(28)22(3)4)29(39)38(26)21-30(14-16-31-17-15-30)25-11-8-10-24(19-25)27-32-34-35-33-27/h8,10-11,13-14,16-20,22H,5-7,9,12,15,21H2,1-4H3,(H,32,33,34,35). The van der Waals surface area contributed by atoms with Crippen LogP contribution in [0.3, 0.4) is 0 Å². The molecule has 204 valence electrons. The number of nitrogens with one attached hydrogen (secondary N) is 1. The van der Waals surface area contributed by atoms with E-state index < -0.39 is 5.41 Å². The molecule has 0 fully saturated rings. The highest BCUT2D eigenvalue weighted by molar-refractivity contribution is 5.65. The van der Waals surface area contributed by atoms with E-state index in [0.29, 0.717) is 18.8 Å². The van der Waals surface area contributed by atoms with Crippen LogP contribution in [0.5, 0.6) is 0 Å². The highest BCUT2D eigenvalue weighted by atomic mass is 16.1. The molecular formula is C30H38N8O. The van der Waals surface area contributed by atoms with Crippen molar-refractivity contribution in [2.45, 2.75) is 84.2 Å². The molecule has 0 amide bonds. The first-order valence-electron chi connectivity index (χ1n) is 14.0. The van der Waals surface area contributed by atoms with Crippen LogP contribution in [0.15, 0.2) is 64.8 Å². The fourth-order valence-corrected chi connectivity index (χ4v) is 5.54. The molecule has 9 nitrogen and oxygen atoms in total. The van der Waals surface area contributed by atoms with Gasteiger partial charge < -0.3 is 4.57 Å². The molecule has 9 heteroatoms. The number of H-pyrrole nitrogens is 1. The van der Waals surface area contributed by atoms with Gasteiger partial charge in [-0.2, -0.15) is 0 Å². The van der Waals surface area contributed by atoms with Crippen LogP contribution in [0.1, 0.15) is 76.2 Å². The van der Waals surface area contributed by atoms with Crippen molar-refractivity contribution < 1.29 is 0 Å². The van der Waals surface area contributed by atoms with Crippen LogP contribution in [-0.4, -0.2) is 40.5 Å². The average molecular weight is 527 g/mol. The van der Waals surface area contributed by atoms with E-state index >= 15 is 0 Å². The minimum atomic E-state index is -0.436. The first-order chi connectivity index (χ1) is 19.0. The number of imidazole rings is 1. The molecule has 39 heavy (non-hydrogen) atoms. The van der Waals surface area contributed by atoms with Gasteiger partial charge in [0.25, 0.3) is 0 Å². The predicted molar refractivity (Wildman–Crippen MR) is 155 cm³/mol. The fourth-order valence-electron chi connectivity index (χ4n) is 5.54. The topological polar surface area (TPSA) is 98.7 Å². The number of unbranched alkanes of at least 4 members (excludes halogenated alkanes) is 1. The Kier molecular flexibility index (Phi) is 7.77. The summed E-state index contributed by atoms with van der Waals surface area (Å²) < 4.78 is 6.11. The zero-order valence-corrected chi connectivity index (χ0v) is 23.3. The highest BCUT2D eigenvalue weighted by Gasteiger charge is 2.33. The van der Waals surface area contributed by atoms with Gasteiger partial charge in [-0.1, -0.05) is 51.0 Å². The summed E-state index contributed by atoms with van der Waals surface area (Å²) in [5.41, 5.74) is 3.84. The van der Waals surface area contributed by atoms with E-state index in [4.69, 9.17) is 0 Å². The maximum atomic E-state index is 14.3. The number of hydrogen-bond acceptors (Lipinski definition) is 5. The van der Waals surface area contributed by atoms with Crippen LogP contribution >= 0.6 is 0 Å². The maximum absolute atomic E-state index is 14.3. The van der Waals surface area contributed by atoms with Gasteiger partial charge in [-0.15, -0.1) is 5.10 Å². The highest BCUT2D eigenvalue weighted by Crippen LogP contribution is 2.35. The molecule has 4 aromatic rings. The minimum Gasteiger partial charge on any atom is -0.331 e. The largest absolute Gasteiger partial charge is 0.334 e. The monoisotopic (exact) mass is 526 g/mol. The van der Waals surface area contributed by atoms with Crippen molar-refractivity contribution >= 4 is 6.21 Å². The van der Waals surface area contributed by atoms with E-state index in [2.05, 4.69) is 94.5 Å². The Labute approximate surface area is 229 Å². The van der Waals surface area contributed by atoms with Crippen molar-refractivity contribution in [3.05, 3.63) is 82.3 Å². The molecule has 4 heterocycles. The lowest BCUT2D eigenvalue weighted by molar-refractivity contribution is 0.438. The summed E-state index contributed by atoms with van der Waals surface area (Å²) in [5, 5.41) is 14.4. The van der Waals surface area contributed by atoms with E-state index in [9.17, 15) is 4.79 Å². The molecule has 1 atom stereocenters. The van der Waals surface area contributed by atoms with E-state index in [1.165, 1.54) is 5.56 Å². The summed E-state index contributed by atoms with van der Waals surface area (Å²) in [7, 11) is 0. The van der Waals surface area contributed by atoms with Crippen molar-refractivity contribution in [2.24, 2.45) is 4.99 Å². The lowest BCUT2D eigenvalue weighted by Crippen LogP contribution is -2.37. The first kappa shape index (κ1) is 26.6.